The van der Waals surface area contributed by atoms with Crippen molar-refractivity contribution < 1.29 is 148 Å². The third-order valence-electron chi connectivity index (χ3n) is 6.49. The van der Waals surface area contributed by atoms with Gasteiger partial charge in [0.2, 0.25) is 0 Å². The fourth-order valence-corrected chi connectivity index (χ4v) is 3.77. The Morgan fingerprint density at radius 1 is 0.424 bits per heavy atom. The molecule has 0 aromatic rings. The minimum Gasteiger partial charge on any atom is -0.481 e. The molecule has 0 spiro atoms. The van der Waals surface area contributed by atoms with Gasteiger partial charge in [0.15, 0.2) is 36.6 Å². The Kier molecular flexibility index (Phi) is 33.6. The van der Waals surface area contributed by atoms with Crippen LogP contribution in [0.5, 0.6) is 0 Å². The van der Waals surface area contributed by atoms with Gasteiger partial charge in [-0.1, -0.05) is 13.8 Å². The fraction of sp³-hybridized carbons (Fsp3) is 0.750. The SMILES string of the molecule is CCC(=O)O[C@H](CC(=O)O)C[N+](C)(C)C.CCC(=O)O[C@H](CC(=O)O)C[N+](C)(C)C.O=C(O)[C@@H](O)[C@H](O)[C@H](O)[C@@H](O)C(=O)O.O=C(O)[C@@H](O)[C@H](O)[C@H](O)[C@@H](O)C(=O)O.[Zn+2]. The van der Waals surface area contributed by atoms with Crippen LogP contribution in [0.3, 0.4) is 0 Å². The summed E-state index contributed by atoms with van der Waals surface area (Å²) < 4.78 is 11.2. The minimum atomic E-state index is -2.36. The van der Waals surface area contributed by atoms with E-state index in [4.69, 9.17) is 81.0 Å². The first-order chi connectivity index (χ1) is 26.1. The van der Waals surface area contributed by atoms with Gasteiger partial charge in [-0.25, -0.2) is 19.2 Å². The van der Waals surface area contributed by atoms with E-state index in [1.807, 2.05) is 42.3 Å². The number of carbonyl (C=O) groups excluding carboxylic acids is 2. The number of aliphatic hydroxyl groups excluding tert-OH is 8. The van der Waals surface area contributed by atoms with E-state index in [0.29, 0.717) is 22.1 Å². The van der Waals surface area contributed by atoms with Crippen LogP contribution in [0.2, 0.25) is 0 Å². The van der Waals surface area contributed by atoms with Crippen molar-refractivity contribution in [2.75, 3.05) is 55.4 Å². The molecule has 14 N–H and O–H groups in total. The molecule has 0 saturated carbocycles. The summed E-state index contributed by atoms with van der Waals surface area (Å²) in [5.41, 5.74) is 0. The van der Waals surface area contributed by atoms with Crippen LogP contribution < -0.4 is 0 Å². The van der Waals surface area contributed by atoms with E-state index < -0.39 is 96.9 Å². The van der Waals surface area contributed by atoms with Crippen LogP contribution in [0.1, 0.15) is 39.5 Å². The predicted octanol–water partition coefficient (Wildman–Crippen LogP) is -5.83. The van der Waals surface area contributed by atoms with Crippen molar-refractivity contribution in [1.82, 2.24) is 0 Å². The number of likely N-dealkylation sites (N-methyl/N-ethyl adjacent to an activating group) is 2. The Balaban J connectivity index is -0.000000219. The van der Waals surface area contributed by atoms with Crippen LogP contribution in [-0.2, 0) is 67.3 Å². The second-order valence-electron chi connectivity index (χ2n) is 14.2. The number of aliphatic carboxylic acids is 6. The number of hydrogen-bond donors (Lipinski definition) is 14. The number of ether oxygens (including phenoxy) is 2. The van der Waals surface area contributed by atoms with E-state index in [1.165, 1.54) is 0 Å². The number of carboxylic acids is 6. The summed E-state index contributed by atoms with van der Waals surface area (Å²) in [6.07, 6.45) is -19.4. The first kappa shape index (κ1) is 64.1. The van der Waals surface area contributed by atoms with Gasteiger partial charge in [-0.15, -0.1) is 0 Å². The van der Waals surface area contributed by atoms with Crippen LogP contribution in [0, 0.1) is 0 Å². The number of carbonyl (C=O) groups is 8. The molecule has 0 rings (SSSR count). The molecule has 59 heavy (non-hydrogen) atoms. The Morgan fingerprint density at radius 3 is 0.729 bits per heavy atom. The standard InChI is InChI=1S/2C10H19NO4.2C6H10O8.Zn/c2*1-5-10(14)15-8(6-9(12)13)7-11(2,3)4;2*7-1(3(9)5(11)12)2(8)4(10)6(13)14;/h2*8H,5-7H2,1-4H3;2*1-4,7-10H,(H,11,12)(H,13,14);/q;;;;+2/p+2/t2*8-;2*1-,2+,3+,4-;/m11.../s1. The van der Waals surface area contributed by atoms with Crippen LogP contribution >= 0.6 is 0 Å². The zero-order valence-corrected chi connectivity index (χ0v) is 36.9. The van der Waals surface area contributed by atoms with Gasteiger partial charge in [-0.2, -0.15) is 0 Å². The molecule has 0 aromatic carbocycles. The number of hydrogen-bond acceptors (Lipinski definition) is 18. The van der Waals surface area contributed by atoms with E-state index in [9.17, 15) is 38.4 Å². The summed E-state index contributed by atoms with van der Waals surface area (Å²) >= 11 is 0. The van der Waals surface area contributed by atoms with Gasteiger partial charge in [-0.3, -0.25) is 19.2 Å². The van der Waals surface area contributed by atoms with E-state index in [0.717, 1.165) is 0 Å². The summed E-state index contributed by atoms with van der Waals surface area (Å²) in [6.45, 7) is 4.37. The van der Waals surface area contributed by atoms with Crippen LogP contribution in [0.4, 0.5) is 0 Å². The zero-order valence-electron chi connectivity index (χ0n) is 34.0. The van der Waals surface area contributed by atoms with Gasteiger partial charge in [0, 0.05) is 12.8 Å². The zero-order chi connectivity index (χ0) is 47.0. The second-order valence-corrected chi connectivity index (χ2v) is 14.2. The molecule has 340 valence electrons. The molecule has 0 bridgehead atoms. The Labute approximate surface area is 351 Å². The predicted molar refractivity (Wildman–Crippen MR) is 189 cm³/mol. The number of carboxylic acid groups (broad SMARTS) is 6. The molecule has 0 unspecified atom stereocenters. The molecule has 0 saturated heterocycles. The van der Waals surface area contributed by atoms with Crippen molar-refractivity contribution in [3.05, 3.63) is 0 Å². The Morgan fingerprint density at radius 2 is 0.610 bits per heavy atom. The van der Waals surface area contributed by atoms with Crippen molar-refractivity contribution >= 4 is 47.8 Å². The van der Waals surface area contributed by atoms with Crippen LogP contribution in [0.25, 0.3) is 0 Å². The largest absolute Gasteiger partial charge is 2.00 e. The topological polar surface area (TPSA) is 438 Å². The number of nitrogens with zero attached hydrogens (tertiary/aromatic N) is 2. The molecule has 27 heteroatoms. The summed E-state index contributed by atoms with van der Waals surface area (Å²) in [6, 6.07) is 0. The molecule has 0 fully saturated rings. The summed E-state index contributed by atoms with van der Waals surface area (Å²) in [4.78, 5) is 83.6. The summed E-state index contributed by atoms with van der Waals surface area (Å²) in [7, 11) is 11.6. The molecule has 0 radical (unpaired) electrons. The second kappa shape index (κ2) is 30.9. The third kappa shape index (κ3) is 33.5. The van der Waals surface area contributed by atoms with Crippen molar-refractivity contribution in [3.8, 4) is 0 Å². The molecule has 0 aliphatic heterocycles. The average molecular weight is 922 g/mol. The van der Waals surface area contributed by atoms with E-state index in [1.54, 1.807) is 13.8 Å². The molecule has 0 amide bonds. The summed E-state index contributed by atoms with van der Waals surface area (Å²) in [5.74, 6) is -9.95. The maximum absolute atomic E-state index is 11.1. The average Bonchev–Trinajstić information content (AvgIpc) is 3.07. The van der Waals surface area contributed by atoms with E-state index in [-0.39, 0.29) is 57.1 Å². The Bertz CT molecular complexity index is 1170. The van der Waals surface area contributed by atoms with Gasteiger partial charge in [-0.05, 0) is 0 Å². The molecule has 0 heterocycles. The quantitative estimate of drug-likeness (QED) is 0.0273. The number of quaternary nitrogens is 2. The summed E-state index contributed by atoms with van der Waals surface area (Å²) in [5, 5.41) is 120. The van der Waals surface area contributed by atoms with Crippen LogP contribution in [-0.4, -0.2) is 245 Å². The smallest absolute Gasteiger partial charge is 0.481 e. The molecular formula is C32H60N2O24Zn+4. The first-order valence-corrected chi connectivity index (χ1v) is 16.9. The normalized spacial score (nSPS) is 16.0. The molecule has 0 aromatic heterocycles. The van der Waals surface area contributed by atoms with Crippen molar-refractivity contribution in [2.24, 2.45) is 0 Å². The molecule has 10 atom stereocenters. The van der Waals surface area contributed by atoms with Crippen LogP contribution in [0.15, 0.2) is 0 Å². The van der Waals surface area contributed by atoms with Gasteiger partial charge >= 0.3 is 67.2 Å². The van der Waals surface area contributed by atoms with Crippen molar-refractivity contribution in [1.29, 1.82) is 0 Å². The van der Waals surface area contributed by atoms with E-state index in [2.05, 4.69) is 0 Å². The minimum absolute atomic E-state index is 0. The maximum Gasteiger partial charge on any atom is 2.00 e. The number of aliphatic hydroxyl groups is 8. The van der Waals surface area contributed by atoms with Gasteiger partial charge in [0.1, 0.15) is 37.5 Å². The maximum atomic E-state index is 11.1. The number of esters is 2. The third-order valence-corrected chi connectivity index (χ3v) is 6.49. The molecule has 26 nitrogen and oxygen atoms in total. The van der Waals surface area contributed by atoms with Gasteiger partial charge in [0.25, 0.3) is 0 Å². The van der Waals surface area contributed by atoms with E-state index >= 15 is 0 Å². The van der Waals surface area contributed by atoms with Gasteiger partial charge < -0.3 is 89.9 Å². The van der Waals surface area contributed by atoms with Crippen molar-refractivity contribution in [3.63, 3.8) is 0 Å². The Hall–Kier alpha value is -4.02. The molecule has 0 aliphatic carbocycles. The first-order valence-electron chi connectivity index (χ1n) is 16.9. The van der Waals surface area contributed by atoms with Crippen molar-refractivity contribution in [2.45, 2.75) is 101 Å². The fourth-order valence-electron chi connectivity index (χ4n) is 3.77. The number of rotatable bonds is 22. The molecular weight excluding hydrogens is 862 g/mol. The molecule has 0 aliphatic rings. The monoisotopic (exact) mass is 920 g/mol. The van der Waals surface area contributed by atoms with Gasteiger partial charge in [0.05, 0.1) is 55.1 Å².